The van der Waals surface area contributed by atoms with Crippen LogP contribution in [0, 0.1) is 20.8 Å². The topological polar surface area (TPSA) is 12.0 Å². The molecule has 0 aromatic heterocycles. The van der Waals surface area contributed by atoms with Crippen LogP contribution in [0.2, 0.25) is 0 Å². The molecule has 1 unspecified atom stereocenters. The largest absolute Gasteiger partial charge is 0.308 e. The standard InChI is InChI=1S/C13H19NS/c1-9-6-10(2)13(11(3)7-9)12-8-15-5-4-14-12/h6-7,12,14H,4-5,8H2,1-3H3. The molecule has 1 heterocycles. The molecule has 1 aromatic rings. The van der Waals surface area contributed by atoms with Gasteiger partial charge in [0.05, 0.1) is 0 Å². The van der Waals surface area contributed by atoms with Gasteiger partial charge in [0.2, 0.25) is 0 Å². The minimum Gasteiger partial charge on any atom is -0.308 e. The van der Waals surface area contributed by atoms with Crippen LogP contribution in [0.15, 0.2) is 12.1 Å². The molecule has 82 valence electrons. The molecule has 0 aliphatic carbocycles. The van der Waals surface area contributed by atoms with E-state index in [9.17, 15) is 0 Å². The molecule has 1 N–H and O–H groups in total. The minimum atomic E-state index is 0.560. The van der Waals surface area contributed by atoms with Gasteiger partial charge < -0.3 is 5.32 Å². The van der Waals surface area contributed by atoms with E-state index >= 15 is 0 Å². The Hall–Kier alpha value is -0.470. The summed E-state index contributed by atoms with van der Waals surface area (Å²) < 4.78 is 0. The Bertz CT molecular complexity index is 331. The minimum absolute atomic E-state index is 0.560. The molecule has 0 saturated carbocycles. The number of nitrogens with one attached hydrogen (secondary N) is 1. The highest BCUT2D eigenvalue weighted by Gasteiger charge is 2.18. The Labute approximate surface area is 96.7 Å². The number of hydrogen-bond donors (Lipinski definition) is 1. The second-order valence-electron chi connectivity index (χ2n) is 4.39. The molecule has 1 nitrogen and oxygen atoms in total. The average molecular weight is 221 g/mol. The fourth-order valence-electron chi connectivity index (χ4n) is 2.49. The lowest BCUT2D eigenvalue weighted by molar-refractivity contribution is 0.589. The van der Waals surface area contributed by atoms with Crippen LogP contribution in [0.3, 0.4) is 0 Å². The molecule has 0 spiro atoms. The van der Waals surface area contributed by atoms with Crippen LogP contribution >= 0.6 is 11.8 Å². The summed E-state index contributed by atoms with van der Waals surface area (Å²) in [6.45, 7) is 7.78. The third-order valence-electron chi connectivity index (χ3n) is 3.01. The fraction of sp³-hybridized carbons (Fsp3) is 0.538. The van der Waals surface area contributed by atoms with Gasteiger partial charge in [-0.05, 0) is 37.5 Å². The smallest absolute Gasteiger partial charge is 0.0417 e. The number of benzene rings is 1. The molecule has 0 amide bonds. The maximum atomic E-state index is 3.62. The van der Waals surface area contributed by atoms with Crippen molar-refractivity contribution in [3.63, 3.8) is 0 Å². The molecule has 1 aromatic carbocycles. The number of hydrogen-bond acceptors (Lipinski definition) is 2. The first-order valence-electron chi connectivity index (χ1n) is 5.57. The molecule has 1 fully saturated rings. The van der Waals surface area contributed by atoms with E-state index in [-0.39, 0.29) is 0 Å². The van der Waals surface area contributed by atoms with Gasteiger partial charge in [-0.2, -0.15) is 11.8 Å². The molecule has 0 radical (unpaired) electrons. The van der Waals surface area contributed by atoms with E-state index in [1.165, 1.54) is 33.8 Å². The zero-order valence-electron chi connectivity index (χ0n) is 9.76. The van der Waals surface area contributed by atoms with Crippen LogP contribution in [0.4, 0.5) is 0 Å². The molecule has 2 heteroatoms. The number of thioether (sulfide) groups is 1. The van der Waals surface area contributed by atoms with Crippen molar-refractivity contribution in [1.82, 2.24) is 5.32 Å². The van der Waals surface area contributed by atoms with E-state index in [4.69, 9.17) is 0 Å². The van der Waals surface area contributed by atoms with Crippen molar-refractivity contribution < 1.29 is 0 Å². The zero-order valence-corrected chi connectivity index (χ0v) is 10.6. The van der Waals surface area contributed by atoms with Gasteiger partial charge >= 0.3 is 0 Å². The summed E-state index contributed by atoms with van der Waals surface area (Å²) in [7, 11) is 0. The van der Waals surface area contributed by atoms with E-state index in [0.717, 1.165) is 6.54 Å². The first-order chi connectivity index (χ1) is 7.18. The van der Waals surface area contributed by atoms with E-state index < -0.39 is 0 Å². The van der Waals surface area contributed by atoms with Crippen LogP contribution in [0.1, 0.15) is 28.3 Å². The van der Waals surface area contributed by atoms with Crippen molar-refractivity contribution in [1.29, 1.82) is 0 Å². The lowest BCUT2D eigenvalue weighted by atomic mass is 9.95. The Morgan fingerprint density at radius 2 is 1.87 bits per heavy atom. The summed E-state index contributed by atoms with van der Waals surface area (Å²) in [6.07, 6.45) is 0. The molecular formula is C13H19NS. The normalized spacial score (nSPS) is 21.7. The van der Waals surface area contributed by atoms with Gasteiger partial charge in [-0.1, -0.05) is 17.7 Å². The molecule has 0 bridgehead atoms. The predicted octanol–water partition coefficient (Wildman–Crippen LogP) is 2.99. The lowest BCUT2D eigenvalue weighted by Gasteiger charge is -2.26. The molecule has 15 heavy (non-hydrogen) atoms. The molecule has 1 aliphatic heterocycles. The number of rotatable bonds is 1. The number of aryl methyl sites for hydroxylation is 3. The highest BCUT2D eigenvalue weighted by molar-refractivity contribution is 7.99. The van der Waals surface area contributed by atoms with Crippen molar-refractivity contribution in [2.24, 2.45) is 0 Å². The van der Waals surface area contributed by atoms with E-state index in [1.54, 1.807) is 0 Å². The monoisotopic (exact) mass is 221 g/mol. The van der Waals surface area contributed by atoms with Gasteiger partial charge in [0, 0.05) is 24.1 Å². The Morgan fingerprint density at radius 3 is 2.40 bits per heavy atom. The first-order valence-corrected chi connectivity index (χ1v) is 6.73. The van der Waals surface area contributed by atoms with E-state index in [0.29, 0.717) is 6.04 Å². The second kappa shape index (κ2) is 4.58. The highest BCUT2D eigenvalue weighted by Crippen LogP contribution is 2.28. The van der Waals surface area contributed by atoms with Gasteiger partial charge in [-0.15, -0.1) is 0 Å². The van der Waals surface area contributed by atoms with Crippen LogP contribution in [0.25, 0.3) is 0 Å². The van der Waals surface area contributed by atoms with E-state index in [2.05, 4.69) is 50.0 Å². The van der Waals surface area contributed by atoms with Crippen molar-refractivity contribution in [2.75, 3.05) is 18.1 Å². The van der Waals surface area contributed by atoms with E-state index in [1.807, 2.05) is 0 Å². The molecule has 1 atom stereocenters. The zero-order chi connectivity index (χ0) is 10.8. The summed E-state index contributed by atoms with van der Waals surface area (Å²) in [6, 6.07) is 5.15. The summed E-state index contributed by atoms with van der Waals surface area (Å²) in [5, 5.41) is 3.62. The third-order valence-corrected chi connectivity index (χ3v) is 4.07. The van der Waals surface area contributed by atoms with Gasteiger partial charge in [0.25, 0.3) is 0 Å². The highest BCUT2D eigenvalue weighted by atomic mass is 32.2. The van der Waals surface area contributed by atoms with Crippen LogP contribution in [-0.4, -0.2) is 18.1 Å². The average Bonchev–Trinajstić information content (AvgIpc) is 2.17. The third kappa shape index (κ3) is 2.37. The maximum Gasteiger partial charge on any atom is 0.0417 e. The van der Waals surface area contributed by atoms with Crippen LogP contribution < -0.4 is 5.32 Å². The molecular weight excluding hydrogens is 202 g/mol. The van der Waals surface area contributed by atoms with Crippen molar-refractivity contribution in [2.45, 2.75) is 26.8 Å². The van der Waals surface area contributed by atoms with Gasteiger partial charge in [0.1, 0.15) is 0 Å². The second-order valence-corrected chi connectivity index (χ2v) is 5.54. The maximum absolute atomic E-state index is 3.62. The summed E-state index contributed by atoms with van der Waals surface area (Å²) in [5.41, 5.74) is 5.77. The Balaban J connectivity index is 2.33. The molecule has 1 saturated heterocycles. The lowest BCUT2D eigenvalue weighted by Crippen LogP contribution is -2.31. The van der Waals surface area contributed by atoms with Crippen molar-refractivity contribution >= 4 is 11.8 Å². The van der Waals surface area contributed by atoms with Crippen LogP contribution in [-0.2, 0) is 0 Å². The molecule has 2 rings (SSSR count). The summed E-state index contributed by atoms with van der Waals surface area (Å²) in [5.74, 6) is 2.46. The van der Waals surface area contributed by atoms with Crippen LogP contribution in [0.5, 0.6) is 0 Å². The first kappa shape index (κ1) is 11.0. The SMILES string of the molecule is Cc1cc(C)c(C2CSCCN2)c(C)c1. The fourth-order valence-corrected chi connectivity index (χ4v) is 3.44. The Morgan fingerprint density at radius 1 is 1.20 bits per heavy atom. The quantitative estimate of drug-likeness (QED) is 0.782. The van der Waals surface area contributed by atoms with Crippen molar-refractivity contribution in [3.8, 4) is 0 Å². The molecule has 1 aliphatic rings. The van der Waals surface area contributed by atoms with Crippen molar-refractivity contribution in [3.05, 3.63) is 34.4 Å². The predicted molar refractivity (Wildman–Crippen MR) is 68.7 cm³/mol. The summed E-state index contributed by atoms with van der Waals surface area (Å²) in [4.78, 5) is 0. The Kier molecular flexibility index (Phi) is 3.37. The van der Waals surface area contributed by atoms with Gasteiger partial charge in [-0.25, -0.2) is 0 Å². The summed E-state index contributed by atoms with van der Waals surface area (Å²) >= 11 is 2.06. The van der Waals surface area contributed by atoms with Gasteiger partial charge in [0.15, 0.2) is 0 Å². The van der Waals surface area contributed by atoms with Gasteiger partial charge in [-0.3, -0.25) is 0 Å².